The van der Waals surface area contributed by atoms with Gasteiger partial charge in [-0.3, -0.25) is 14.6 Å². The molecule has 0 atom stereocenters. The lowest BCUT2D eigenvalue weighted by atomic mass is 10.1. The largest absolute Gasteiger partial charge is 0.493 e. The third-order valence-corrected chi connectivity index (χ3v) is 6.42. The van der Waals surface area contributed by atoms with Crippen molar-refractivity contribution in [3.63, 3.8) is 0 Å². The van der Waals surface area contributed by atoms with Crippen molar-refractivity contribution >= 4 is 5.91 Å². The number of nitrogens with one attached hydrogen (secondary N) is 1. The standard InChI is InChI=1S/C27H35N5O4/c1-20-16-22(29-32(20)23-8-6-5-7-9-23)17-28-25(33)19-31-14-12-30(13-15-31)18-21-10-11-24(34-2)27(36-4)26(21)35-3/h5-11,16H,12-15,17-19H2,1-4H3,(H,28,33). The summed E-state index contributed by atoms with van der Waals surface area (Å²) in [6.07, 6.45) is 0. The number of nitrogens with zero attached hydrogens (tertiary/aromatic N) is 4. The van der Waals surface area contributed by atoms with Gasteiger partial charge in [0.2, 0.25) is 11.7 Å². The van der Waals surface area contributed by atoms with Crippen LogP contribution in [0.4, 0.5) is 0 Å². The number of methoxy groups -OCH3 is 3. The van der Waals surface area contributed by atoms with Crippen LogP contribution in [0.2, 0.25) is 0 Å². The maximum atomic E-state index is 12.6. The van der Waals surface area contributed by atoms with Crippen molar-refractivity contribution in [3.05, 3.63) is 65.5 Å². The second-order valence-corrected chi connectivity index (χ2v) is 8.85. The topological polar surface area (TPSA) is 81.1 Å². The fourth-order valence-corrected chi connectivity index (χ4v) is 4.54. The lowest BCUT2D eigenvalue weighted by molar-refractivity contribution is -0.122. The van der Waals surface area contributed by atoms with Crippen molar-refractivity contribution < 1.29 is 19.0 Å². The highest BCUT2D eigenvalue weighted by Gasteiger charge is 2.22. The molecule has 3 aromatic rings. The molecule has 1 aromatic heterocycles. The molecule has 0 spiro atoms. The highest BCUT2D eigenvalue weighted by Crippen LogP contribution is 2.40. The van der Waals surface area contributed by atoms with Crippen LogP contribution >= 0.6 is 0 Å². The zero-order chi connectivity index (χ0) is 25.5. The molecule has 0 radical (unpaired) electrons. The van der Waals surface area contributed by atoms with E-state index in [2.05, 4.69) is 20.2 Å². The normalized spacial score (nSPS) is 14.4. The van der Waals surface area contributed by atoms with E-state index in [1.807, 2.05) is 60.1 Å². The van der Waals surface area contributed by atoms with E-state index in [0.717, 1.165) is 55.4 Å². The van der Waals surface area contributed by atoms with E-state index in [4.69, 9.17) is 14.2 Å². The third-order valence-electron chi connectivity index (χ3n) is 6.42. The number of carbonyl (C=O) groups excluding carboxylic acids is 1. The summed E-state index contributed by atoms with van der Waals surface area (Å²) >= 11 is 0. The number of ether oxygens (including phenoxy) is 3. The van der Waals surface area contributed by atoms with Crippen LogP contribution in [0.25, 0.3) is 5.69 Å². The molecule has 9 heteroatoms. The molecular weight excluding hydrogens is 458 g/mol. The summed E-state index contributed by atoms with van der Waals surface area (Å²) in [4.78, 5) is 17.1. The first-order chi connectivity index (χ1) is 17.5. The molecular formula is C27H35N5O4. The van der Waals surface area contributed by atoms with Crippen molar-refractivity contribution in [2.75, 3.05) is 54.1 Å². The number of aryl methyl sites for hydroxylation is 1. The number of amides is 1. The first-order valence-corrected chi connectivity index (χ1v) is 12.1. The van der Waals surface area contributed by atoms with Crippen LogP contribution in [0.3, 0.4) is 0 Å². The van der Waals surface area contributed by atoms with Crippen LogP contribution in [0, 0.1) is 6.92 Å². The van der Waals surface area contributed by atoms with Gasteiger partial charge in [0.1, 0.15) is 0 Å². The summed E-state index contributed by atoms with van der Waals surface area (Å²) < 4.78 is 18.4. The second-order valence-electron chi connectivity index (χ2n) is 8.85. The van der Waals surface area contributed by atoms with Gasteiger partial charge < -0.3 is 19.5 Å². The number of para-hydroxylation sites is 1. The smallest absolute Gasteiger partial charge is 0.234 e. The van der Waals surface area contributed by atoms with Gasteiger partial charge >= 0.3 is 0 Å². The predicted molar refractivity (Wildman–Crippen MR) is 138 cm³/mol. The zero-order valence-corrected chi connectivity index (χ0v) is 21.5. The van der Waals surface area contributed by atoms with Gasteiger partial charge in [-0.2, -0.15) is 5.10 Å². The molecule has 2 aromatic carbocycles. The molecule has 0 aliphatic carbocycles. The average Bonchev–Trinajstić information content (AvgIpc) is 3.29. The van der Waals surface area contributed by atoms with Crippen molar-refractivity contribution in [2.45, 2.75) is 20.0 Å². The fourth-order valence-electron chi connectivity index (χ4n) is 4.54. The van der Waals surface area contributed by atoms with Crippen LogP contribution in [-0.2, 0) is 17.9 Å². The molecule has 1 aliphatic rings. The molecule has 4 rings (SSSR count). The van der Waals surface area contributed by atoms with E-state index in [1.54, 1.807) is 21.3 Å². The Morgan fingerprint density at radius 2 is 1.61 bits per heavy atom. The maximum absolute atomic E-state index is 12.6. The van der Waals surface area contributed by atoms with Gasteiger partial charge in [-0.15, -0.1) is 0 Å². The Morgan fingerprint density at radius 3 is 2.28 bits per heavy atom. The summed E-state index contributed by atoms with van der Waals surface area (Å²) in [5.74, 6) is 1.97. The average molecular weight is 494 g/mol. The minimum atomic E-state index is 0.0110. The van der Waals surface area contributed by atoms with Crippen LogP contribution in [0.5, 0.6) is 17.2 Å². The molecule has 192 valence electrons. The summed E-state index contributed by atoms with van der Waals surface area (Å²) in [6, 6.07) is 15.9. The Balaban J connectivity index is 1.25. The summed E-state index contributed by atoms with van der Waals surface area (Å²) in [5, 5.41) is 7.66. The molecule has 0 unspecified atom stereocenters. The highest BCUT2D eigenvalue weighted by molar-refractivity contribution is 5.78. The van der Waals surface area contributed by atoms with Gasteiger partial charge in [0, 0.05) is 44.0 Å². The van der Waals surface area contributed by atoms with Gasteiger partial charge in [0.25, 0.3) is 0 Å². The molecule has 0 bridgehead atoms. The Morgan fingerprint density at radius 1 is 0.917 bits per heavy atom. The zero-order valence-electron chi connectivity index (χ0n) is 21.5. The van der Waals surface area contributed by atoms with Crippen LogP contribution < -0.4 is 19.5 Å². The number of benzene rings is 2. The number of aromatic nitrogens is 2. The van der Waals surface area contributed by atoms with Gasteiger partial charge in [0.05, 0.1) is 45.8 Å². The fraction of sp³-hybridized carbons (Fsp3) is 0.407. The quantitative estimate of drug-likeness (QED) is 0.465. The third kappa shape index (κ3) is 5.98. The molecule has 1 amide bonds. The molecule has 2 heterocycles. The van der Waals surface area contributed by atoms with E-state index < -0.39 is 0 Å². The first kappa shape index (κ1) is 25.5. The predicted octanol–water partition coefficient (Wildman–Crippen LogP) is 2.64. The highest BCUT2D eigenvalue weighted by atomic mass is 16.5. The molecule has 1 fully saturated rings. The molecule has 1 aliphatic heterocycles. The van der Waals surface area contributed by atoms with Crippen molar-refractivity contribution in [1.29, 1.82) is 0 Å². The molecule has 1 N–H and O–H groups in total. The SMILES string of the molecule is COc1ccc(CN2CCN(CC(=O)NCc3cc(C)n(-c4ccccc4)n3)CC2)c(OC)c1OC. The Labute approximate surface area is 212 Å². The van der Waals surface area contributed by atoms with Crippen LogP contribution in [-0.4, -0.2) is 79.5 Å². The summed E-state index contributed by atoms with van der Waals surface area (Å²) in [7, 11) is 4.87. The number of hydrogen-bond acceptors (Lipinski definition) is 7. The first-order valence-electron chi connectivity index (χ1n) is 12.1. The molecule has 0 saturated carbocycles. The number of rotatable bonds is 10. The second kappa shape index (κ2) is 11.9. The van der Waals surface area contributed by atoms with Crippen molar-refractivity contribution in [2.24, 2.45) is 0 Å². The number of hydrogen-bond donors (Lipinski definition) is 1. The van der Waals surface area contributed by atoms with Crippen molar-refractivity contribution in [3.8, 4) is 22.9 Å². The molecule has 1 saturated heterocycles. The van der Waals surface area contributed by atoms with Gasteiger partial charge in [-0.1, -0.05) is 24.3 Å². The maximum Gasteiger partial charge on any atom is 0.234 e. The molecule has 9 nitrogen and oxygen atoms in total. The van der Waals surface area contributed by atoms with E-state index in [1.165, 1.54) is 0 Å². The lowest BCUT2D eigenvalue weighted by Crippen LogP contribution is -2.49. The summed E-state index contributed by atoms with van der Waals surface area (Å²) in [5.41, 5.74) is 3.94. The minimum absolute atomic E-state index is 0.0110. The van der Waals surface area contributed by atoms with E-state index in [9.17, 15) is 4.79 Å². The van der Waals surface area contributed by atoms with E-state index in [-0.39, 0.29) is 5.91 Å². The van der Waals surface area contributed by atoms with Crippen molar-refractivity contribution in [1.82, 2.24) is 24.9 Å². The monoisotopic (exact) mass is 493 g/mol. The Kier molecular flexibility index (Phi) is 8.45. The Bertz CT molecular complexity index is 1160. The van der Waals surface area contributed by atoms with Crippen LogP contribution in [0.15, 0.2) is 48.5 Å². The van der Waals surface area contributed by atoms with Gasteiger partial charge in [-0.25, -0.2) is 4.68 Å². The number of piperazine rings is 1. The molecule has 36 heavy (non-hydrogen) atoms. The summed E-state index contributed by atoms with van der Waals surface area (Å²) in [6.45, 7) is 6.94. The lowest BCUT2D eigenvalue weighted by Gasteiger charge is -2.34. The Hall–Kier alpha value is -3.56. The van der Waals surface area contributed by atoms with Gasteiger partial charge in [0.15, 0.2) is 11.5 Å². The number of carbonyl (C=O) groups is 1. The van der Waals surface area contributed by atoms with E-state index >= 15 is 0 Å². The van der Waals surface area contributed by atoms with Crippen LogP contribution in [0.1, 0.15) is 17.0 Å². The minimum Gasteiger partial charge on any atom is -0.493 e. The van der Waals surface area contributed by atoms with E-state index in [0.29, 0.717) is 30.3 Å². The van der Waals surface area contributed by atoms with Gasteiger partial charge in [-0.05, 0) is 31.2 Å².